The van der Waals surface area contributed by atoms with Gasteiger partial charge in [-0.2, -0.15) is 0 Å². The molecule has 0 aliphatic carbocycles. The van der Waals surface area contributed by atoms with Crippen molar-refractivity contribution in [1.82, 2.24) is 0 Å². The lowest BCUT2D eigenvalue weighted by Crippen LogP contribution is -2.03. The van der Waals surface area contributed by atoms with Gasteiger partial charge >= 0.3 is 0 Å². The molecule has 0 aromatic heterocycles. The van der Waals surface area contributed by atoms with Gasteiger partial charge in [-0.05, 0) is 5.82 Å². The van der Waals surface area contributed by atoms with E-state index in [2.05, 4.69) is 17.8 Å². The average molecular weight is 131 g/mol. The van der Waals surface area contributed by atoms with Gasteiger partial charge in [-0.15, -0.1) is 17.5 Å². The number of hydrogen-bond donors (Lipinski definition) is 1. The number of nitroso groups, excluding NO2 is 1. The van der Waals surface area contributed by atoms with E-state index in [0.29, 0.717) is 5.82 Å². The SMILES string of the molecule is BC(CC)C(S)N=O. The van der Waals surface area contributed by atoms with E-state index in [1.807, 2.05) is 14.8 Å². The van der Waals surface area contributed by atoms with Crippen LogP contribution in [0.3, 0.4) is 0 Å². The van der Waals surface area contributed by atoms with Crippen molar-refractivity contribution < 1.29 is 0 Å². The van der Waals surface area contributed by atoms with Gasteiger partial charge in [0.15, 0.2) is 0 Å². The quantitative estimate of drug-likeness (QED) is 0.343. The summed E-state index contributed by atoms with van der Waals surface area (Å²) in [6, 6.07) is 0. The van der Waals surface area contributed by atoms with Gasteiger partial charge in [0.2, 0.25) is 0 Å². The molecule has 0 spiro atoms. The molecule has 0 heterocycles. The molecule has 46 valence electrons. The van der Waals surface area contributed by atoms with Crippen LogP contribution in [0.2, 0.25) is 5.82 Å². The molecule has 0 aromatic carbocycles. The van der Waals surface area contributed by atoms with E-state index >= 15 is 0 Å². The second-order valence-electron chi connectivity index (χ2n) is 1.90. The summed E-state index contributed by atoms with van der Waals surface area (Å²) in [5.74, 6) is 0.302. The largest absolute Gasteiger partial charge is 0.150 e. The molecule has 4 heteroatoms. The molecule has 2 unspecified atom stereocenters. The molecule has 0 amide bonds. The molecule has 2 nitrogen and oxygen atoms in total. The lowest BCUT2D eigenvalue weighted by molar-refractivity contribution is 0.763. The van der Waals surface area contributed by atoms with Gasteiger partial charge in [0.1, 0.15) is 13.2 Å². The molecule has 0 rings (SSSR count). The van der Waals surface area contributed by atoms with Crippen LogP contribution in [-0.2, 0) is 0 Å². The third kappa shape index (κ3) is 2.35. The average Bonchev–Trinajstić information content (AvgIpc) is 1.84. The van der Waals surface area contributed by atoms with Gasteiger partial charge in [-0.1, -0.05) is 18.5 Å². The van der Waals surface area contributed by atoms with Crippen molar-refractivity contribution in [3.8, 4) is 0 Å². The lowest BCUT2D eigenvalue weighted by Gasteiger charge is -2.06. The number of thiol groups is 1. The van der Waals surface area contributed by atoms with Gasteiger partial charge in [0, 0.05) is 0 Å². The lowest BCUT2D eigenvalue weighted by atomic mass is 9.85. The van der Waals surface area contributed by atoms with Crippen LogP contribution < -0.4 is 0 Å². The molecule has 8 heavy (non-hydrogen) atoms. The van der Waals surface area contributed by atoms with Crippen LogP contribution in [0.15, 0.2) is 5.18 Å². The fraction of sp³-hybridized carbons (Fsp3) is 1.00. The van der Waals surface area contributed by atoms with E-state index in [1.54, 1.807) is 0 Å². The van der Waals surface area contributed by atoms with Crippen molar-refractivity contribution in [3.05, 3.63) is 4.91 Å². The zero-order valence-electron chi connectivity index (χ0n) is 5.16. The molecular weight excluding hydrogens is 121 g/mol. The smallest absolute Gasteiger partial charge is 0.130 e. The fourth-order valence-corrected chi connectivity index (χ4v) is 0.526. The Morgan fingerprint density at radius 1 is 1.88 bits per heavy atom. The van der Waals surface area contributed by atoms with Crippen molar-refractivity contribution in [2.75, 3.05) is 0 Å². The Balaban J connectivity index is 3.44. The molecule has 0 aliphatic rings. The minimum absolute atomic E-state index is 0.302. The Kier molecular flexibility index (Phi) is 3.96. The van der Waals surface area contributed by atoms with Crippen LogP contribution in [0.25, 0.3) is 0 Å². The van der Waals surface area contributed by atoms with E-state index in [0.717, 1.165) is 6.42 Å². The molecule has 0 saturated heterocycles. The van der Waals surface area contributed by atoms with Crippen molar-refractivity contribution in [2.24, 2.45) is 5.18 Å². The summed E-state index contributed by atoms with van der Waals surface area (Å²) in [4.78, 5) is 9.78. The normalized spacial score (nSPS) is 17.2. The summed E-state index contributed by atoms with van der Waals surface area (Å²) < 4.78 is 0. The zero-order chi connectivity index (χ0) is 6.57. The Morgan fingerprint density at radius 2 is 2.38 bits per heavy atom. The molecular formula is C4H10BNOS. The standard InChI is InChI=1S/C4H10BNOS/c1-2-3(5)4(8)6-7/h3-4,8H,2,5H2,1H3. The first-order valence-corrected chi connectivity index (χ1v) is 3.24. The zero-order valence-corrected chi connectivity index (χ0v) is 6.06. The molecule has 0 N–H and O–H groups in total. The Hall–Kier alpha value is 0.0149. The summed E-state index contributed by atoms with van der Waals surface area (Å²) in [7, 11) is 1.96. The number of rotatable bonds is 3. The van der Waals surface area contributed by atoms with Crippen LogP contribution in [0.5, 0.6) is 0 Å². The third-order valence-corrected chi connectivity index (χ3v) is 1.86. The van der Waals surface area contributed by atoms with Crippen molar-refractivity contribution in [3.63, 3.8) is 0 Å². The first kappa shape index (κ1) is 8.01. The minimum Gasteiger partial charge on any atom is -0.150 e. The van der Waals surface area contributed by atoms with Gasteiger partial charge in [-0.25, -0.2) is 0 Å². The first-order chi connectivity index (χ1) is 3.72. The molecule has 0 aromatic rings. The maximum absolute atomic E-state index is 9.78. The monoisotopic (exact) mass is 131 g/mol. The van der Waals surface area contributed by atoms with Crippen molar-refractivity contribution in [2.45, 2.75) is 24.5 Å². The summed E-state index contributed by atoms with van der Waals surface area (Å²) in [6.07, 6.45) is 0.958. The highest BCUT2D eigenvalue weighted by atomic mass is 32.1. The van der Waals surface area contributed by atoms with E-state index in [9.17, 15) is 4.91 Å². The highest BCUT2D eigenvalue weighted by Gasteiger charge is 2.09. The highest BCUT2D eigenvalue weighted by Crippen LogP contribution is 2.16. The second kappa shape index (κ2) is 3.95. The van der Waals surface area contributed by atoms with Crippen LogP contribution in [0, 0.1) is 4.91 Å². The van der Waals surface area contributed by atoms with Crippen molar-refractivity contribution in [1.29, 1.82) is 0 Å². The van der Waals surface area contributed by atoms with E-state index in [4.69, 9.17) is 0 Å². The Labute approximate surface area is 55.8 Å². The maximum atomic E-state index is 9.78. The Bertz CT molecular complexity index is 80.4. The maximum Gasteiger partial charge on any atom is 0.130 e. The summed E-state index contributed by atoms with van der Waals surface area (Å²) >= 11 is 3.93. The molecule has 2 atom stereocenters. The van der Waals surface area contributed by atoms with Crippen LogP contribution >= 0.6 is 12.6 Å². The predicted octanol–water partition coefficient (Wildman–Crippen LogP) is 0.840. The molecule has 0 radical (unpaired) electrons. The molecule has 0 fully saturated rings. The third-order valence-electron chi connectivity index (χ3n) is 1.26. The highest BCUT2D eigenvalue weighted by molar-refractivity contribution is 7.81. The van der Waals surface area contributed by atoms with Gasteiger partial charge in [-0.3, -0.25) is 0 Å². The fourth-order valence-electron chi connectivity index (χ4n) is 0.315. The summed E-state index contributed by atoms with van der Waals surface area (Å²) in [5, 5.41) is 2.45. The van der Waals surface area contributed by atoms with Gasteiger partial charge < -0.3 is 0 Å². The number of nitrogens with zero attached hydrogens (tertiary/aromatic N) is 1. The summed E-state index contributed by atoms with van der Waals surface area (Å²) in [5.41, 5.74) is 0. The van der Waals surface area contributed by atoms with Gasteiger partial charge in [0.05, 0.1) is 0 Å². The molecule has 0 bridgehead atoms. The first-order valence-electron chi connectivity index (χ1n) is 2.73. The van der Waals surface area contributed by atoms with Gasteiger partial charge in [0.25, 0.3) is 0 Å². The van der Waals surface area contributed by atoms with Crippen LogP contribution in [0.4, 0.5) is 0 Å². The molecule has 0 aliphatic heterocycles. The van der Waals surface area contributed by atoms with E-state index in [1.165, 1.54) is 0 Å². The topological polar surface area (TPSA) is 29.4 Å². The van der Waals surface area contributed by atoms with E-state index < -0.39 is 0 Å². The van der Waals surface area contributed by atoms with Crippen molar-refractivity contribution >= 4 is 20.5 Å². The minimum atomic E-state index is -0.319. The van der Waals surface area contributed by atoms with E-state index in [-0.39, 0.29) is 5.37 Å². The number of hydrogen-bond acceptors (Lipinski definition) is 3. The molecule has 0 saturated carbocycles. The second-order valence-corrected chi connectivity index (χ2v) is 2.43. The Morgan fingerprint density at radius 3 is 2.50 bits per heavy atom. The summed E-state index contributed by atoms with van der Waals surface area (Å²) in [6.45, 7) is 2.01. The predicted molar refractivity (Wildman–Crippen MR) is 41.2 cm³/mol. The van der Waals surface area contributed by atoms with Crippen LogP contribution in [0.1, 0.15) is 13.3 Å². The van der Waals surface area contributed by atoms with Crippen LogP contribution in [-0.4, -0.2) is 13.2 Å².